The van der Waals surface area contributed by atoms with E-state index in [9.17, 15) is 18.0 Å². The van der Waals surface area contributed by atoms with Crippen molar-refractivity contribution in [2.24, 2.45) is 0 Å². The minimum Gasteiger partial charge on any atom is -0.352 e. The van der Waals surface area contributed by atoms with Crippen molar-refractivity contribution in [2.45, 2.75) is 57.1 Å². The molecule has 0 unspecified atom stereocenters. The normalized spacial score (nSPS) is 12.6. The van der Waals surface area contributed by atoms with Crippen LogP contribution in [0.4, 0.5) is 10.1 Å². The van der Waals surface area contributed by atoms with Crippen LogP contribution in [0, 0.1) is 12.7 Å². The first-order valence-electron chi connectivity index (χ1n) is 14.6. The summed E-state index contributed by atoms with van der Waals surface area (Å²) in [5.74, 6) is -1.79. The zero-order valence-electron chi connectivity index (χ0n) is 25.2. The van der Waals surface area contributed by atoms with Crippen molar-refractivity contribution in [1.29, 1.82) is 0 Å². The minimum absolute atomic E-state index is 0.0425. The van der Waals surface area contributed by atoms with Crippen molar-refractivity contribution in [2.75, 3.05) is 10.8 Å². The standard InChI is InChI=1S/C35H38FN3O4S/c1-4-27(3)37-35(41)33(23-28-13-7-5-8-14-28)38(24-29-15-9-6-10-16-29)34(40)25-39(32-18-12-11-17-31(32)36)44(42,43)30-21-19-26(2)20-22-30/h5-22,27,33H,4,23-25H2,1-3H3,(H,37,41)/t27-,33-/m0/s1. The van der Waals surface area contributed by atoms with E-state index in [1.165, 1.54) is 35.2 Å². The van der Waals surface area contributed by atoms with Crippen molar-refractivity contribution in [1.82, 2.24) is 10.2 Å². The molecule has 44 heavy (non-hydrogen) atoms. The molecule has 2 amide bonds. The average Bonchev–Trinajstić information content (AvgIpc) is 3.03. The number of hydrogen-bond acceptors (Lipinski definition) is 4. The van der Waals surface area contributed by atoms with Gasteiger partial charge in [0.15, 0.2) is 0 Å². The molecule has 7 nitrogen and oxygen atoms in total. The van der Waals surface area contributed by atoms with E-state index < -0.39 is 34.3 Å². The van der Waals surface area contributed by atoms with Crippen LogP contribution < -0.4 is 9.62 Å². The lowest BCUT2D eigenvalue weighted by Gasteiger charge is -2.34. The first-order chi connectivity index (χ1) is 21.1. The Kier molecular flexibility index (Phi) is 10.9. The monoisotopic (exact) mass is 615 g/mol. The highest BCUT2D eigenvalue weighted by Gasteiger charge is 2.35. The molecule has 4 aromatic rings. The molecule has 0 fully saturated rings. The highest BCUT2D eigenvalue weighted by atomic mass is 32.2. The molecular weight excluding hydrogens is 577 g/mol. The average molecular weight is 616 g/mol. The number of rotatable bonds is 13. The fourth-order valence-corrected chi connectivity index (χ4v) is 6.20. The van der Waals surface area contributed by atoms with Crippen molar-refractivity contribution in [3.63, 3.8) is 0 Å². The lowest BCUT2D eigenvalue weighted by atomic mass is 10.0. The van der Waals surface area contributed by atoms with Gasteiger partial charge in [0.2, 0.25) is 11.8 Å². The molecule has 2 atom stereocenters. The fraction of sp³-hybridized carbons (Fsp3) is 0.257. The Morgan fingerprint density at radius 2 is 1.39 bits per heavy atom. The van der Waals surface area contributed by atoms with E-state index in [2.05, 4.69) is 5.32 Å². The second kappa shape index (κ2) is 14.8. The van der Waals surface area contributed by atoms with Crippen LogP contribution in [0.15, 0.2) is 114 Å². The molecule has 0 heterocycles. The fourth-order valence-electron chi connectivity index (χ4n) is 4.78. The molecule has 230 valence electrons. The van der Waals surface area contributed by atoms with E-state index >= 15 is 4.39 Å². The Bertz CT molecular complexity index is 1650. The summed E-state index contributed by atoms with van der Waals surface area (Å²) in [6.45, 7) is 4.99. The van der Waals surface area contributed by atoms with Crippen LogP contribution in [-0.2, 0) is 32.6 Å². The quantitative estimate of drug-likeness (QED) is 0.203. The first kappa shape index (κ1) is 32.4. The number of aryl methyl sites for hydroxylation is 1. The Hall–Kier alpha value is -4.50. The molecule has 1 N–H and O–H groups in total. The second-order valence-electron chi connectivity index (χ2n) is 10.8. The molecule has 0 aliphatic heterocycles. The van der Waals surface area contributed by atoms with Gasteiger partial charge >= 0.3 is 0 Å². The van der Waals surface area contributed by atoms with Crippen LogP contribution in [0.25, 0.3) is 0 Å². The molecule has 0 aliphatic carbocycles. The molecule has 4 rings (SSSR count). The number of amides is 2. The van der Waals surface area contributed by atoms with Crippen LogP contribution in [0.2, 0.25) is 0 Å². The molecule has 0 spiro atoms. The van der Waals surface area contributed by atoms with Crippen molar-refractivity contribution >= 4 is 27.5 Å². The van der Waals surface area contributed by atoms with E-state index in [0.717, 1.165) is 27.1 Å². The molecular formula is C35H38FN3O4S. The summed E-state index contributed by atoms with van der Waals surface area (Å²) in [5.41, 5.74) is 2.18. The summed E-state index contributed by atoms with van der Waals surface area (Å²) in [4.78, 5) is 29.5. The Morgan fingerprint density at radius 1 is 0.818 bits per heavy atom. The zero-order valence-corrected chi connectivity index (χ0v) is 26.0. The van der Waals surface area contributed by atoms with Gasteiger partial charge in [-0.3, -0.25) is 13.9 Å². The molecule has 4 aromatic carbocycles. The lowest BCUT2D eigenvalue weighted by molar-refractivity contribution is -0.140. The Balaban J connectivity index is 1.80. The second-order valence-corrected chi connectivity index (χ2v) is 12.7. The molecule has 0 saturated carbocycles. The zero-order chi connectivity index (χ0) is 31.7. The largest absolute Gasteiger partial charge is 0.352 e. The molecule has 0 radical (unpaired) electrons. The van der Waals surface area contributed by atoms with Crippen LogP contribution >= 0.6 is 0 Å². The third-order valence-electron chi connectivity index (χ3n) is 7.48. The van der Waals surface area contributed by atoms with E-state index in [-0.39, 0.29) is 35.5 Å². The summed E-state index contributed by atoms with van der Waals surface area (Å²) in [5, 5.41) is 3.00. The van der Waals surface area contributed by atoms with E-state index in [0.29, 0.717) is 6.42 Å². The van der Waals surface area contributed by atoms with Crippen LogP contribution in [-0.4, -0.2) is 43.8 Å². The van der Waals surface area contributed by atoms with Crippen molar-refractivity contribution in [3.05, 3.63) is 132 Å². The van der Waals surface area contributed by atoms with Crippen LogP contribution in [0.1, 0.15) is 37.0 Å². The topological polar surface area (TPSA) is 86.8 Å². The number of carbonyl (C=O) groups excluding carboxylic acids is 2. The number of nitrogens with one attached hydrogen (secondary N) is 1. The van der Waals surface area contributed by atoms with Gasteiger partial charge in [0.1, 0.15) is 18.4 Å². The summed E-state index contributed by atoms with van der Waals surface area (Å²) in [6.07, 6.45) is 0.887. The van der Waals surface area contributed by atoms with Crippen molar-refractivity contribution < 1.29 is 22.4 Å². The maximum Gasteiger partial charge on any atom is 0.264 e. The number of halogens is 1. The van der Waals surface area contributed by atoms with Crippen molar-refractivity contribution in [3.8, 4) is 0 Å². The third-order valence-corrected chi connectivity index (χ3v) is 9.25. The van der Waals surface area contributed by atoms with Crippen LogP contribution in [0.5, 0.6) is 0 Å². The van der Waals surface area contributed by atoms with Gasteiger partial charge in [-0.1, -0.05) is 97.4 Å². The van der Waals surface area contributed by atoms with E-state index in [1.807, 2.05) is 81.4 Å². The SMILES string of the molecule is CC[C@H](C)NC(=O)[C@H](Cc1ccccc1)N(Cc1ccccc1)C(=O)CN(c1ccccc1F)S(=O)(=O)c1ccc(C)cc1. The van der Waals surface area contributed by atoms with Gasteiger partial charge in [-0.2, -0.15) is 0 Å². The van der Waals surface area contributed by atoms with Gasteiger partial charge in [-0.25, -0.2) is 12.8 Å². The van der Waals surface area contributed by atoms with Gasteiger partial charge in [0.25, 0.3) is 10.0 Å². The van der Waals surface area contributed by atoms with Gasteiger partial charge in [0.05, 0.1) is 10.6 Å². The highest BCUT2D eigenvalue weighted by Crippen LogP contribution is 2.27. The maximum atomic E-state index is 15.2. The smallest absolute Gasteiger partial charge is 0.264 e. The Morgan fingerprint density at radius 3 is 1.98 bits per heavy atom. The molecule has 9 heteroatoms. The van der Waals surface area contributed by atoms with E-state index in [1.54, 1.807) is 12.1 Å². The third kappa shape index (κ3) is 8.11. The predicted molar refractivity (Wildman–Crippen MR) is 171 cm³/mol. The summed E-state index contributed by atoms with van der Waals surface area (Å²) in [6, 6.07) is 29.0. The number of para-hydroxylation sites is 1. The van der Waals surface area contributed by atoms with Gasteiger partial charge in [-0.05, 0) is 55.7 Å². The number of nitrogens with zero attached hydrogens (tertiary/aromatic N) is 2. The first-order valence-corrected chi connectivity index (χ1v) is 16.1. The van der Waals surface area contributed by atoms with Gasteiger partial charge in [0, 0.05) is 19.0 Å². The Labute approximate surface area is 259 Å². The number of carbonyl (C=O) groups is 2. The molecule has 0 aromatic heterocycles. The number of hydrogen-bond donors (Lipinski definition) is 1. The van der Waals surface area contributed by atoms with Gasteiger partial charge in [-0.15, -0.1) is 0 Å². The molecule has 0 aliphatic rings. The van der Waals surface area contributed by atoms with Crippen LogP contribution in [0.3, 0.4) is 0 Å². The number of sulfonamides is 1. The van der Waals surface area contributed by atoms with Gasteiger partial charge < -0.3 is 10.2 Å². The minimum atomic E-state index is -4.38. The highest BCUT2D eigenvalue weighted by molar-refractivity contribution is 7.92. The number of anilines is 1. The van der Waals surface area contributed by atoms with E-state index in [4.69, 9.17) is 0 Å². The summed E-state index contributed by atoms with van der Waals surface area (Å²) >= 11 is 0. The molecule has 0 saturated heterocycles. The predicted octanol–water partition coefficient (Wildman–Crippen LogP) is 5.88. The summed E-state index contributed by atoms with van der Waals surface area (Å²) < 4.78 is 44.0. The lowest BCUT2D eigenvalue weighted by Crippen LogP contribution is -2.54. The molecule has 0 bridgehead atoms. The summed E-state index contributed by atoms with van der Waals surface area (Å²) in [7, 11) is -4.38. The number of benzene rings is 4. The maximum absolute atomic E-state index is 15.2.